The first-order valence-electron chi connectivity index (χ1n) is 4.83. The van der Waals surface area contributed by atoms with Crippen LogP contribution in [-0.4, -0.2) is 36.0 Å². The lowest BCUT2D eigenvalue weighted by Gasteiger charge is -2.27. The normalized spacial score (nSPS) is 11.1. The molecule has 0 aromatic heterocycles. The summed E-state index contributed by atoms with van der Waals surface area (Å²) in [6.45, 7) is 3.61. The highest BCUT2D eigenvalue weighted by atomic mass is 16.4. The van der Waals surface area contributed by atoms with Crippen molar-refractivity contribution in [2.75, 3.05) is 14.1 Å². The molecule has 0 heterocycles. The van der Waals surface area contributed by atoms with Gasteiger partial charge in [-0.25, -0.2) is 0 Å². The van der Waals surface area contributed by atoms with Gasteiger partial charge in [0.15, 0.2) is 0 Å². The molecule has 1 amide bonds. The van der Waals surface area contributed by atoms with Crippen molar-refractivity contribution in [3.05, 3.63) is 0 Å². The summed E-state index contributed by atoms with van der Waals surface area (Å²) >= 11 is 0. The van der Waals surface area contributed by atoms with Crippen LogP contribution < -0.4 is 0 Å². The fourth-order valence-electron chi connectivity index (χ4n) is 1.33. The third kappa shape index (κ3) is 2.72. The number of carbonyl (C=O) groups excluding carboxylic acids is 1. The summed E-state index contributed by atoms with van der Waals surface area (Å²) in [5.74, 6) is -1.01. The van der Waals surface area contributed by atoms with Crippen LogP contribution >= 0.6 is 0 Å². The fourth-order valence-corrected chi connectivity index (χ4v) is 1.33. The second kappa shape index (κ2) is 4.98. The molecule has 0 aliphatic carbocycles. The van der Waals surface area contributed by atoms with Gasteiger partial charge in [0.05, 0.1) is 5.41 Å². The summed E-state index contributed by atoms with van der Waals surface area (Å²) in [5, 5.41) is 9.08. The van der Waals surface area contributed by atoms with Crippen molar-refractivity contribution in [1.82, 2.24) is 4.90 Å². The van der Waals surface area contributed by atoms with Crippen molar-refractivity contribution < 1.29 is 14.7 Å². The largest absolute Gasteiger partial charge is 0.481 e. The zero-order valence-electron chi connectivity index (χ0n) is 9.33. The average Bonchev–Trinajstić information content (AvgIpc) is 2.13. The summed E-state index contributed by atoms with van der Waals surface area (Å²) in [7, 11) is 3.28. The van der Waals surface area contributed by atoms with Crippen molar-refractivity contribution in [1.29, 1.82) is 0 Å². The first kappa shape index (κ1) is 12.9. The third-order valence-electron chi connectivity index (χ3n) is 2.80. The Hall–Kier alpha value is -1.06. The molecule has 0 bridgehead atoms. The van der Waals surface area contributed by atoms with Gasteiger partial charge in [-0.2, -0.15) is 0 Å². The van der Waals surface area contributed by atoms with Gasteiger partial charge >= 0.3 is 5.97 Å². The van der Waals surface area contributed by atoms with Gasteiger partial charge in [-0.3, -0.25) is 9.59 Å². The van der Waals surface area contributed by atoms with Gasteiger partial charge in [0.2, 0.25) is 5.91 Å². The van der Waals surface area contributed by atoms with E-state index < -0.39 is 11.4 Å². The van der Waals surface area contributed by atoms with Crippen LogP contribution in [0.2, 0.25) is 0 Å². The molecule has 0 aromatic carbocycles. The number of hydrogen-bond acceptors (Lipinski definition) is 2. The van der Waals surface area contributed by atoms with Gasteiger partial charge in [-0.05, 0) is 12.8 Å². The van der Waals surface area contributed by atoms with Gasteiger partial charge in [-0.1, -0.05) is 13.8 Å². The highest BCUT2D eigenvalue weighted by Crippen LogP contribution is 2.31. The Balaban J connectivity index is 4.68. The zero-order valence-corrected chi connectivity index (χ0v) is 9.33. The van der Waals surface area contributed by atoms with E-state index in [1.807, 2.05) is 0 Å². The number of nitrogens with zero attached hydrogens (tertiary/aromatic N) is 1. The molecular formula is C10H19NO3. The van der Waals surface area contributed by atoms with Crippen LogP contribution in [0.5, 0.6) is 0 Å². The quantitative estimate of drug-likeness (QED) is 0.730. The summed E-state index contributed by atoms with van der Waals surface area (Å²) < 4.78 is 0. The summed E-state index contributed by atoms with van der Waals surface area (Å²) in [4.78, 5) is 23.9. The molecule has 0 rings (SSSR count). The van der Waals surface area contributed by atoms with Gasteiger partial charge < -0.3 is 10.0 Å². The maximum atomic E-state index is 11.4. The van der Waals surface area contributed by atoms with E-state index in [-0.39, 0.29) is 12.3 Å². The molecule has 0 aliphatic rings. The highest BCUT2D eigenvalue weighted by molar-refractivity contribution is 5.84. The Morgan fingerprint density at radius 2 is 1.64 bits per heavy atom. The van der Waals surface area contributed by atoms with Crippen LogP contribution in [0.3, 0.4) is 0 Å². The van der Waals surface area contributed by atoms with Crippen LogP contribution in [0, 0.1) is 5.41 Å². The third-order valence-corrected chi connectivity index (χ3v) is 2.80. The molecule has 1 N–H and O–H groups in total. The van der Waals surface area contributed by atoms with Gasteiger partial charge in [0.25, 0.3) is 0 Å². The van der Waals surface area contributed by atoms with Crippen molar-refractivity contribution in [2.24, 2.45) is 5.41 Å². The Morgan fingerprint density at radius 3 is 1.86 bits per heavy atom. The molecule has 0 unspecified atom stereocenters. The lowest BCUT2D eigenvalue weighted by Crippen LogP contribution is -2.36. The number of carboxylic acids is 1. The highest BCUT2D eigenvalue weighted by Gasteiger charge is 2.37. The van der Waals surface area contributed by atoms with Crippen molar-refractivity contribution in [3.63, 3.8) is 0 Å². The standard InChI is InChI=1S/C10H19NO3/c1-5-10(6-2,9(13)14)7-8(12)11(3)4/h5-7H2,1-4H3,(H,13,14). The monoisotopic (exact) mass is 201 g/mol. The maximum absolute atomic E-state index is 11.4. The molecule has 0 radical (unpaired) electrons. The van der Waals surface area contributed by atoms with Gasteiger partial charge in [0, 0.05) is 20.5 Å². The van der Waals surface area contributed by atoms with E-state index in [1.54, 1.807) is 27.9 Å². The van der Waals surface area contributed by atoms with Crippen LogP contribution in [0.1, 0.15) is 33.1 Å². The molecule has 4 nitrogen and oxygen atoms in total. The lowest BCUT2D eigenvalue weighted by molar-refractivity contribution is -0.153. The predicted octanol–water partition coefficient (Wildman–Crippen LogP) is 1.36. The van der Waals surface area contributed by atoms with E-state index in [4.69, 9.17) is 5.11 Å². The molecule has 0 saturated carbocycles. The molecule has 4 heteroatoms. The maximum Gasteiger partial charge on any atom is 0.310 e. The zero-order chi connectivity index (χ0) is 11.4. The molecule has 82 valence electrons. The number of carbonyl (C=O) groups is 2. The minimum absolute atomic E-state index is 0.0856. The number of rotatable bonds is 5. The fraction of sp³-hybridized carbons (Fsp3) is 0.800. The molecule has 0 saturated heterocycles. The van der Waals surface area contributed by atoms with Crippen LogP contribution in [0.4, 0.5) is 0 Å². The van der Waals surface area contributed by atoms with Crippen molar-refractivity contribution in [3.8, 4) is 0 Å². The van der Waals surface area contributed by atoms with Gasteiger partial charge in [-0.15, -0.1) is 0 Å². The predicted molar refractivity (Wildman–Crippen MR) is 54.0 cm³/mol. The van der Waals surface area contributed by atoms with Crippen LogP contribution in [0.15, 0.2) is 0 Å². The number of hydrogen-bond donors (Lipinski definition) is 1. The van der Waals surface area contributed by atoms with Crippen molar-refractivity contribution in [2.45, 2.75) is 33.1 Å². The first-order chi connectivity index (χ1) is 6.39. The lowest BCUT2D eigenvalue weighted by atomic mass is 9.79. The van der Waals surface area contributed by atoms with Crippen LogP contribution in [-0.2, 0) is 9.59 Å². The van der Waals surface area contributed by atoms with Gasteiger partial charge in [0.1, 0.15) is 0 Å². The molecular weight excluding hydrogens is 182 g/mol. The summed E-state index contributed by atoms with van der Waals surface area (Å²) in [6, 6.07) is 0. The minimum Gasteiger partial charge on any atom is -0.481 e. The Bertz CT molecular complexity index is 219. The number of aliphatic carboxylic acids is 1. The molecule has 0 atom stereocenters. The second-order valence-corrected chi connectivity index (χ2v) is 3.76. The van der Waals surface area contributed by atoms with E-state index >= 15 is 0 Å². The second-order valence-electron chi connectivity index (χ2n) is 3.76. The molecule has 0 spiro atoms. The molecule has 0 fully saturated rings. The number of amides is 1. The van der Waals surface area contributed by atoms with E-state index in [0.717, 1.165) is 0 Å². The smallest absolute Gasteiger partial charge is 0.310 e. The summed E-state index contributed by atoms with van der Waals surface area (Å²) in [5.41, 5.74) is -0.888. The van der Waals surface area contributed by atoms with Crippen molar-refractivity contribution >= 4 is 11.9 Å². The van der Waals surface area contributed by atoms with E-state index in [2.05, 4.69) is 0 Å². The SMILES string of the molecule is CCC(CC)(CC(=O)N(C)C)C(=O)O. The topological polar surface area (TPSA) is 57.6 Å². The molecule has 0 aliphatic heterocycles. The number of carboxylic acid groups (broad SMARTS) is 1. The van der Waals surface area contributed by atoms with Crippen LogP contribution in [0.25, 0.3) is 0 Å². The van der Waals surface area contributed by atoms with E-state index in [1.165, 1.54) is 4.90 Å². The summed E-state index contributed by atoms with van der Waals surface area (Å²) in [6.07, 6.45) is 1.05. The molecule has 14 heavy (non-hydrogen) atoms. The van der Waals surface area contributed by atoms with E-state index in [0.29, 0.717) is 12.8 Å². The minimum atomic E-state index is -0.888. The Kier molecular flexibility index (Phi) is 4.60. The Labute approximate surface area is 84.9 Å². The average molecular weight is 201 g/mol. The Morgan fingerprint density at radius 1 is 1.21 bits per heavy atom. The van der Waals surface area contributed by atoms with E-state index in [9.17, 15) is 9.59 Å². The first-order valence-corrected chi connectivity index (χ1v) is 4.83. The molecule has 0 aromatic rings.